The fraction of sp³-hybridized carbons (Fsp3) is 0.571. The smallest absolute Gasteiger partial charge is 0.334 e. The lowest BCUT2D eigenvalue weighted by Gasteiger charge is -2.37. The number of amides is 1. The molecule has 114 valence electrons. The maximum atomic E-state index is 12.2. The van der Waals surface area contributed by atoms with Gasteiger partial charge < -0.3 is 10.3 Å². The van der Waals surface area contributed by atoms with E-state index in [1.807, 2.05) is 6.92 Å². The number of pyridine rings is 1. The first kappa shape index (κ1) is 15.2. The van der Waals surface area contributed by atoms with Crippen LogP contribution in [0.2, 0.25) is 0 Å². The van der Waals surface area contributed by atoms with E-state index in [1.165, 1.54) is 6.20 Å². The quantitative estimate of drug-likeness (QED) is 0.656. The number of carbonyl (C=O) groups is 1. The highest BCUT2D eigenvalue weighted by atomic mass is 16.6. The zero-order chi connectivity index (χ0) is 15.6. The van der Waals surface area contributed by atoms with E-state index in [-0.39, 0.29) is 11.1 Å². The van der Waals surface area contributed by atoms with Crippen molar-refractivity contribution >= 4 is 11.6 Å². The summed E-state index contributed by atoms with van der Waals surface area (Å²) >= 11 is 0. The van der Waals surface area contributed by atoms with Gasteiger partial charge in [-0.25, -0.2) is 0 Å². The van der Waals surface area contributed by atoms with Gasteiger partial charge in [0, 0.05) is 17.8 Å². The molecule has 1 aliphatic rings. The van der Waals surface area contributed by atoms with Gasteiger partial charge in [0.05, 0.1) is 10.5 Å². The molecule has 2 rings (SSSR count). The molecule has 21 heavy (non-hydrogen) atoms. The average Bonchev–Trinajstić information content (AvgIpc) is 2.42. The highest BCUT2D eigenvalue weighted by Crippen LogP contribution is 2.31. The minimum absolute atomic E-state index is 0.0983. The van der Waals surface area contributed by atoms with Crippen LogP contribution in [-0.4, -0.2) is 21.4 Å². The molecular formula is C14H19N3O4. The summed E-state index contributed by atoms with van der Waals surface area (Å²) in [4.78, 5) is 35.7. The van der Waals surface area contributed by atoms with Crippen molar-refractivity contribution in [3.05, 3.63) is 38.3 Å². The number of nitrogens with one attached hydrogen (secondary N) is 2. The maximum absolute atomic E-state index is 12.2. The molecule has 1 saturated carbocycles. The average molecular weight is 293 g/mol. The van der Waals surface area contributed by atoms with Crippen LogP contribution in [0.4, 0.5) is 5.69 Å². The van der Waals surface area contributed by atoms with Gasteiger partial charge >= 0.3 is 11.2 Å². The molecule has 0 aliphatic heterocycles. The second kappa shape index (κ2) is 5.67. The van der Waals surface area contributed by atoms with E-state index < -0.39 is 22.1 Å². The number of rotatable bonds is 3. The van der Waals surface area contributed by atoms with E-state index >= 15 is 0 Å². The van der Waals surface area contributed by atoms with Crippen LogP contribution in [0.15, 0.2) is 17.1 Å². The summed E-state index contributed by atoms with van der Waals surface area (Å²) < 4.78 is 0. The Morgan fingerprint density at radius 2 is 2.10 bits per heavy atom. The van der Waals surface area contributed by atoms with Crippen LogP contribution in [0, 0.1) is 16.0 Å². The van der Waals surface area contributed by atoms with Crippen molar-refractivity contribution in [3.8, 4) is 0 Å². The number of aromatic nitrogens is 1. The van der Waals surface area contributed by atoms with Gasteiger partial charge in [-0.2, -0.15) is 0 Å². The zero-order valence-corrected chi connectivity index (χ0v) is 12.1. The largest absolute Gasteiger partial charge is 0.347 e. The molecule has 0 spiro atoms. The standard InChI is InChI=1S/C14H19N3O4/c1-9-3-5-14(2,6-4-9)16-12(18)10-7-11(17(20)21)13(19)15-8-10/h7-9H,3-6H2,1-2H3,(H,15,19)(H,16,18). The number of aromatic amines is 1. The van der Waals surface area contributed by atoms with E-state index in [2.05, 4.69) is 17.2 Å². The first-order chi connectivity index (χ1) is 9.81. The zero-order valence-electron chi connectivity index (χ0n) is 12.1. The Kier molecular flexibility index (Phi) is 4.11. The van der Waals surface area contributed by atoms with Gasteiger partial charge in [-0.1, -0.05) is 6.92 Å². The van der Waals surface area contributed by atoms with Crippen molar-refractivity contribution in [2.24, 2.45) is 5.92 Å². The van der Waals surface area contributed by atoms with E-state index in [9.17, 15) is 19.7 Å². The van der Waals surface area contributed by atoms with E-state index in [1.54, 1.807) is 0 Å². The molecule has 1 aromatic heterocycles. The predicted molar refractivity (Wildman–Crippen MR) is 77.2 cm³/mol. The van der Waals surface area contributed by atoms with Gasteiger partial charge in [0.1, 0.15) is 0 Å². The van der Waals surface area contributed by atoms with Gasteiger partial charge in [0.15, 0.2) is 0 Å². The van der Waals surface area contributed by atoms with E-state index in [0.29, 0.717) is 5.92 Å². The summed E-state index contributed by atoms with van der Waals surface area (Å²) in [6.07, 6.45) is 5.06. The Hall–Kier alpha value is -2.18. The molecule has 7 heteroatoms. The van der Waals surface area contributed by atoms with Crippen molar-refractivity contribution in [3.63, 3.8) is 0 Å². The summed E-state index contributed by atoms with van der Waals surface area (Å²) in [5.74, 6) is 0.260. The lowest BCUT2D eigenvalue weighted by Crippen LogP contribution is -2.48. The van der Waals surface area contributed by atoms with Crippen LogP contribution in [0.3, 0.4) is 0 Å². The van der Waals surface area contributed by atoms with Gasteiger partial charge in [-0.05, 0) is 38.5 Å². The normalized spacial score (nSPS) is 25.3. The summed E-state index contributed by atoms with van der Waals surface area (Å²) in [5, 5.41) is 13.7. The molecule has 1 aliphatic carbocycles. The first-order valence-electron chi connectivity index (χ1n) is 7.00. The van der Waals surface area contributed by atoms with Gasteiger partial charge in [0.25, 0.3) is 5.91 Å². The summed E-state index contributed by atoms with van der Waals surface area (Å²) in [6, 6.07) is 1.02. The molecule has 1 aromatic rings. The number of nitrogens with zero attached hydrogens (tertiary/aromatic N) is 1. The molecule has 2 N–H and O–H groups in total. The molecule has 0 atom stereocenters. The molecule has 0 unspecified atom stereocenters. The Bertz CT molecular complexity index is 615. The highest BCUT2D eigenvalue weighted by Gasteiger charge is 2.31. The second-order valence-corrected chi connectivity index (χ2v) is 6.06. The molecule has 1 amide bonds. The minimum atomic E-state index is -0.811. The monoisotopic (exact) mass is 293 g/mol. The first-order valence-corrected chi connectivity index (χ1v) is 7.00. The van der Waals surface area contributed by atoms with Crippen LogP contribution < -0.4 is 10.9 Å². The van der Waals surface area contributed by atoms with Gasteiger partial charge in [0.2, 0.25) is 0 Å². The van der Waals surface area contributed by atoms with Crippen LogP contribution in [-0.2, 0) is 0 Å². The number of hydrogen-bond donors (Lipinski definition) is 2. The SMILES string of the molecule is CC1CCC(C)(NC(=O)c2c[nH]c(=O)c([N+](=O)[O-])c2)CC1. The Morgan fingerprint density at radius 3 is 2.67 bits per heavy atom. The molecule has 1 fully saturated rings. The number of nitro groups is 1. The lowest BCUT2D eigenvalue weighted by molar-refractivity contribution is -0.386. The third kappa shape index (κ3) is 3.48. The van der Waals surface area contributed by atoms with Gasteiger partial charge in [-0.3, -0.25) is 19.7 Å². The van der Waals surface area contributed by atoms with Crippen LogP contribution >= 0.6 is 0 Å². The number of H-pyrrole nitrogens is 1. The van der Waals surface area contributed by atoms with E-state index in [0.717, 1.165) is 31.7 Å². The summed E-state index contributed by atoms with van der Waals surface area (Å²) in [5.41, 5.74) is -1.63. The maximum Gasteiger partial charge on any atom is 0.334 e. The molecule has 0 radical (unpaired) electrons. The lowest BCUT2D eigenvalue weighted by atomic mass is 9.78. The molecule has 0 aromatic carbocycles. The molecule has 0 saturated heterocycles. The third-order valence-corrected chi connectivity index (χ3v) is 4.14. The highest BCUT2D eigenvalue weighted by molar-refractivity contribution is 5.94. The van der Waals surface area contributed by atoms with Crippen LogP contribution in [0.5, 0.6) is 0 Å². The fourth-order valence-corrected chi connectivity index (χ4v) is 2.61. The molecule has 1 heterocycles. The Morgan fingerprint density at radius 1 is 1.48 bits per heavy atom. The van der Waals surface area contributed by atoms with Crippen molar-refractivity contribution in [1.82, 2.24) is 10.3 Å². The fourth-order valence-electron chi connectivity index (χ4n) is 2.61. The Labute approximate surface area is 121 Å². The van der Waals surface area contributed by atoms with E-state index in [4.69, 9.17) is 0 Å². The molecule has 7 nitrogen and oxygen atoms in total. The molecular weight excluding hydrogens is 274 g/mol. The minimum Gasteiger partial charge on any atom is -0.347 e. The van der Waals surface area contributed by atoms with Gasteiger partial charge in [-0.15, -0.1) is 0 Å². The van der Waals surface area contributed by atoms with Crippen LogP contribution in [0.1, 0.15) is 49.9 Å². The van der Waals surface area contributed by atoms with Crippen molar-refractivity contribution in [2.45, 2.75) is 45.1 Å². The number of carbonyl (C=O) groups excluding carboxylic acids is 1. The Balaban J connectivity index is 2.15. The van der Waals surface area contributed by atoms with Crippen molar-refractivity contribution < 1.29 is 9.72 Å². The van der Waals surface area contributed by atoms with Crippen molar-refractivity contribution in [2.75, 3.05) is 0 Å². The summed E-state index contributed by atoms with van der Waals surface area (Å²) in [7, 11) is 0. The molecule has 0 bridgehead atoms. The second-order valence-electron chi connectivity index (χ2n) is 6.06. The predicted octanol–water partition coefficient (Wildman–Crippen LogP) is 1.98. The topological polar surface area (TPSA) is 105 Å². The summed E-state index contributed by atoms with van der Waals surface area (Å²) in [6.45, 7) is 4.17. The van der Waals surface area contributed by atoms with Crippen molar-refractivity contribution in [1.29, 1.82) is 0 Å². The third-order valence-electron chi connectivity index (χ3n) is 4.14. The number of hydrogen-bond acceptors (Lipinski definition) is 4. The van der Waals surface area contributed by atoms with Crippen LogP contribution in [0.25, 0.3) is 0 Å².